The second kappa shape index (κ2) is 7.69. The van der Waals surface area contributed by atoms with Gasteiger partial charge in [-0.05, 0) is 72.9 Å². The highest BCUT2D eigenvalue weighted by atomic mass is 127. The molecule has 0 atom stereocenters. The zero-order valence-electron chi connectivity index (χ0n) is 14.2. The number of fused-ring (bicyclic) bond motifs is 1. The largest absolute Gasteiger partial charge is 0.326 e. The Morgan fingerprint density at radius 2 is 2.12 bits per heavy atom. The van der Waals surface area contributed by atoms with Gasteiger partial charge in [-0.15, -0.1) is 5.10 Å². The molecule has 1 N–H and O–H groups in total. The molecule has 0 spiro atoms. The highest BCUT2D eigenvalue weighted by Gasteiger charge is 2.14. The predicted molar refractivity (Wildman–Crippen MR) is 108 cm³/mol. The smallest absolute Gasteiger partial charge is 0.253 e. The Balaban J connectivity index is 1.75. The number of carbonyl (C=O) groups excluding carboxylic acids is 1. The molecule has 8 heteroatoms. The standard InChI is InChI=1S/C17H18IN5OS/c1-10-14(11(2)23-16(19-10)21-17(22-23)25-3)7-8-15(24)20-13-6-4-5-12(18)9-13/h4-6,9H,7-8H2,1-3H3,(H,20,24). The van der Waals surface area contributed by atoms with Crippen molar-refractivity contribution >= 4 is 51.7 Å². The van der Waals surface area contributed by atoms with Gasteiger partial charge in [0.25, 0.3) is 5.78 Å². The molecule has 1 amide bonds. The van der Waals surface area contributed by atoms with E-state index in [4.69, 9.17) is 0 Å². The van der Waals surface area contributed by atoms with Gasteiger partial charge in [0.1, 0.15) is 0 Å². The van der Waals surface area contributed by atoms with Crippen molar-refractivity contribution in [2.24, 2.45) is 0 Å². The molecule has 130 valence electrons. The van der Waals surface area contributed by atoms with Crippen LogP contribution in [0.5, 0.6) is 0 Å². The number of carbonyl (C=O) groups is 1. The average Bonchev–Trinajstić information content (AvgIpc) is 2.98. The Hall–Kier alpha value is -1.68. The maximum absolute atomic E-state index is 12.3. The summed E-state index contributed by atoms with van der Waals surface area (Å²) in [5, 5.41) is 8.08. The van der Waals surface area contributed by atoms with Crippen molar-refractivity contribution in [1.82, 2.24) is 19.6 Å². The highest BCUT2D eigenvalue weighted by Crippen LogP contribution is 2.18. The molecule has 3 aromatic rings. The van der Waals surface area contributed by atoms with E-state index in [-0.39, 0.29) is 5.91 Å². The van der Waals surface area contributed by atoms with Crippen molar-refractivity contribution < 1.29 is 4.79 Å². The van der Waals surface area contributed by atoms with Crippen molar-refractivity contribution in [2.45, 2.75) is 31.8 Å². The van der Waals surface area contributed by atoms with E-state index in [1.165, 1.54) is 11.8 Å². The molecule has 1 aromatic carbocycles. The van der Waals surface area contributed by atoms with Crippen LogP contribution in [0.25, 0.3) is 5.78 Å². The van der Waals surface area contributed by atoms with Crippen molar-refractivity contribution in [3.8, 4) is 0 Å². The van der Waals surface area contributed by atoms with Crippen LogP contribution in [0.15, 0.2) is 29.4 Å². The van der Waals surface area contributed by atoms with Gasteiger partial charge in [-0.25, -0.2) is 9.50 Å². The number of hydrogen-bond donors (Lipinski definition) is 1. The maximum Gasteiger partial charge on any atom is 0.253 e. The summed E-state index contributed by atoms with van der Waals surface area (Å²) < 4.78 is 2.85. The molecule has 0 saturated heterocycles. The number of hydrogen-bond acceptors (Lipinski definition) is 5. The highest BCUT2D eigenvalue weighted by molar-refractivity contribution is 14.1. The molecule has 2 heterocycles. The average molecular weight is 467 g/mol. The molecular weight excluding hydrogens is 449 g/mol. The number of nitrogens with zero attached hydrogens (tertiary/aromatic N) is 4. The second-order valence-corrected chi connectivity index (χ2v) is 7.65. The van der Waals surface area contributed by atoms with Crippen LogP contribution in [0.3, 0.4) is 0 Å². The van der Waals surface area contributed by atoms with Crippen LogP contribution in [-0.4, -0.2) is 31.7 Å². The van der Waals surface area contributed by atoms with Crippen LogP contribution < -0.4 is 5.32 Å². The van der Waals surface area contributed by atoms with Gasteiger partial charge < -0.3 is 5.32 Å². The molecule has 25 heavy (non-hydrogen) atoms. The van der Waals surface area contributed by atoms with Crippen molar-refractivity contribution in [1.29, 1.82) is 0 Å². The van der Waals surface area contributed by atoms with Crippen molar-refractivity contribution in [3.05, 3.63) is 44.8 Å². The summed E-state index contributed by atoms with van der Waals surface area (Å²) in [6.45, 7) is 3.94. The Morgan fingerprint density at radius 1 is 1.32 bits per heavy atom. The third-order valence-electron chi connectivity index (χ3n) is 3.92. The van der Waals surface area contributed by atoms with E-state index in [2.05, 4.69) is 43.0 Å². The van der Waals surface area contributed by atoms with E-state index in [1.807, 2.05) is 44.4 Å². The van der Waals surface area contributed by atoms with E-state index in [0.29, 0.717) is 23.8 Å². The number of halogens is 1. The van der Waals surface area contributed by atoms with Crippen molar-refractivity contribution in [3.63, 3.8) is 0 Å². The van der Waals surface area contributed by atoms with Gasteiger partial charge >= 0.3 is 0 Å². The summed E-state index contributed by atoms with van der Waals surface area (Å²) in [4.78, 5) is 21.2. The number of anilines is 1. The number of benzene rings is 1. The number of nitrogens with one attached hydrogen (secondary N) is 1. The van der Waals surface area contributed by atoms with Crippen LogP contribution in [0.2, 0.25) is 0 Å². The summed E-state index contributed by atoms with van der Waals surface area (Å²) in [6.07, 6.45) is 2.95. The van der Waals surface area contributed by atoms with Crippen LogP contribution >= 0.6 is 34.4 Å². The number of aromatic nitrogens is 4. The van der Waals surface area contributed by atoms with Gasteiger partial charge in [-0.3, -0.25) is 4.79 Å². The Bertz CT molecular complexity index is 940. The van der Waals surface area contributed by atoms with Gasteiger partial charge in [-0.2, -0.15) is 4.98 Å². The Labute approximate surface area is 164 Å². The Kier molecular flexibility index (Phi) is 5.57. The number of rotatable bonds is 5. The number of amides is 1. The zero-order chi connectivity index (χ0) is 18.0. The quantitative estimate of drug-likeness (QED) is 0.459. The molecule has 3 rings (SSSR count). The van der Waals surface area contributed by atoms with Crippen LogP contribution in [-0.2, 0) is 11.2 Å². The minimum absolute atomic E-state index is 0.00992. The minimum Gasteiger partial charge on any atom is -0.326 e. The third-order valence-corrected chi connectivity index (χ3v) is 5.13. The summed E-state index contributed by atoms with van der Waals surface area (Å²) in [5.41, 5.74) is 3.74. The first-order valence-electron chi connectivity index (χ1n) is 7.80. The minimum atomic E-state index is -0.00992. The SMILES string of the molecule is CSc1nc2nc(C)c(CCC(=O)Nc3cccc(I)c3)c(C)n2n1. The number of thioether (sulfide) groups is 1. The normalized spacial score (nSPS) is 11.0. The first kappa shape index (κ1) is 18.1. The molecule has 0 bridgehead atoms. The molecule has 2 aromatic heterocycles. The first-order valence-corrected chi connectivity index (χ1v) is 10.1. The molecule has 6 nitrogen and oxygen atoms in total. The van der Waals surface area contributed by atoms with Gasteiger partial charge in [0, 0.05) is 27.1 Å². The molecular formula is C17H18IN5OS. The molecule has 0 aliphatic rings. The Morgan fingerprint density at radius 3 is 2.84 bits per heavy atom. The molecule has 0 saturated carbocycles. The first-order chi connectivity index (χ1) is 12.0. The summed E-state index contributed by atoms with van der Waals surface area (Å²) >= 11 is 3.72. The van der Waals surface area contributed by atoms with Gasteiger partial charge in [0.15, 0.2) is 0 Å². The van der Waals surface area contributed by atoms with E-state index in [0.717, 1.165) is 26.2 Å². The topological polar surface area (TPSA) is 72.2 Å². The molecule has 0 radical (unpaired) electrons. The number of aryl methyl sites for hydroxylation is 2. The summed E-state index contributed by atoms with van der Waals surface area (Å²) in [6, 6.07) is 7.76. The lowest BCUT2D eigenvalue weighted by Gasteiger charge is -2.10. The predicted octanol–water partition coefficient (Wildman–Crippen LogP) is 3.64. The fourth-order valence-electron chi connectivity index (χ4n) is 2.67. The van der Waals surface area contributed by atoms with E-state index < -0.39 is 0 Å². The van der Waals surface area contributed by atoms with Gasteiger partial charge in [0.05, 0.1) is 0 Å². The zero-order valence-corrected chi connectivity index (χ0v) is 17.2. The summed E-state index contributed by atoms with van der Waals surface area (Å²) in [7, 11) is 0. The molecule has 0 aliphatic heterocycles. The maximum atomic E-state index is 12.3. The van der Waals surface area contributed by atoms with Crippen LogP contribution in [0.4, 0.5) is 5.69 Å². The second-order valence-electron chi connectivity index (χ2n) is 5.63. The lowest BCUT2D eigenvalue weighted by molar-refractivity contribution is -0.116. The van der Waals surface area contributed by atoms with E-state index in [1.54, 1.807) is 4.52 Å². The monoisotopic (exact) mass is 467 g/mol. The fourth-order valence-corrected chi connectivity index (χ4v) is 3.55. The van der Waals surface area contributed by atoms with Crippen LogP contribution in [0.1, 0.15) is 23.4 Å². The lowest BCUT2D eigenvalue weighted by atomic mass is 10.1. The molecule has 0 unspecified atom stereocenters. The van der Waals surface area contributed by atoms with Gasteiger partial charge in [-0.1, -0.05) is 17.8 Å². The molecule has 0 aliphatic carbocycles. The van der Waals surface area contributed by atoms with E-state index in [9.17, 15) is 4.79 Å². The van der Waals surface area contributed by atoms with Crippen molar-refractivity contribution in [2.75, 3.05) is 11.6 Å². The lowest BCUT2D eigenvalue weighted by Crippen LogP contribution is -2.14. The van der Waals surface area contributed by atoms with Gasteiger partial charge in [0.2, 0.25) is 11.1 Å². The fraction of sp³-hybridized carbons (Fsp3) is 0.294. The molecule has 0 fully saturated rings. The third kappa shape index (κ3) is 4.12. The summed E-state index contributed by atoms with van der Waals surface area (Å²) in [5.74, 6) is 0.593. The van der Waals surface area contributed by atoms with Crippen LogP contribution in [0, 0.1) is 17.4 Å². The van der Waals surface area contributed by atoms with E-state index >= 15 is 0 Å².